The van der Waals surface area contributed by atoms with Crippen LogP contribution in [0.25, 0.3) is 0 Å². The second-order valence-electron chi connectivity index (χ2n) is 4.63. The molecule has 1 aliphatic heterocycles. The first-order chi connectivity index (χ1) is 8.76. The number of hydrogen-bond acceptors (Lipinski definition) is 4. The molecular formula is C14H19N3O. The van der Waals surface area contributed by atoms with Crippen molar-refractivity contribution < 1.29 is 4.74 Å². The molecule has 4 heteroatoms. The summed E-state index contributed by atoms with van der Waals surface area (Å²) in [5.74, 6) is 0. The summed E-state index contributed by atoms with van der Waals surface area (Å²) < 4.78 is 5.84. The number of nitriles is 1. The fourth-order valence-electron chi connectivity index (χ4n) is 2.50. The highest BCUT2D eigenvalue weighted by Crippen LogP contribution is 2.28. The van der Waals surface area contributed by atoms with Gasteiger partial charge < -0.3 is 10.1 Å². The SMILES string of the molecule is CNCC1OCCN(C)C1c1cccc(C#N)c1. The van der Waals surface area contributed by atoms with Gasteiger partial charge in [0.15, 0.2) is 0 Å². The Morgan fingerprint density at radius 1 is 1.56 bits per heavy atom. The van der Waals surface area contributed by atoms with Crippen LogP contribution in [0, 0.1) is 11.3 Å². The van der Waals surface area contributed by atoms with Gasteiger partial charge in [-0.1, -0.05) is 12.1 Å². The van der Waals surface area contributed by atoms with Crippen LogP contribution in [0.3, 0.4) is 0 Å². The van der Waals surface area contributed by atoms with Crippen LogP contribution in [0.1, 0.15) is 17.2 Å². The molecule has 2 rings (SSSR count). The van der Waals surface area contributed by atoms with Crippen LogP contribution in [0.4, 0.5) is 0 Å². The first kappa shape index (κ1) is 13.0. The lowest BCUT2D eigenvalue weighted by molar-refractivity contribution is -0.0606. The molecule has 18 heavy (non-hydrogen) atoms. The molecule has 0 amide bonds. The van der Waals surface area contributed by atoms with Gasteiger partial charge in [0.05, 0.1) is 30.4 Å². The molecule has 1 saturated heterocycles. The van der Waals surface area contributed by atoms with Crippen molar-refractivity contribution in [1.82, 2.24) is 10.2 Å². The lowest BCUT2D eigenvalue weighted by Gasteiger charge is -2.39. The van der Waals surface area contributed by atoms with Gasteiger partial charge in [0.25, 0.3) is 0 Å². The largest absolute Gasteiger partial charge is 0.374 e. The number of benzene rings is 1. The Morgan fingerprint density at radius 2 is 2.39 bits per heavy atom. The monoisotopic (exact) mass is 245 g/mol. The summed E-state index contributed by atoms with van der Waals surface area (Å²) in [4.78, 5) is 2.29. The highest BCUT2D eigenvalue weighted by Gasteiger charge is 2.30. The Morgan fingerprint density at radius 3 is 3.11 bits per heavy atom. The van der Waals surface area contributed by atoms with Gasteiger partial charge in [-0.25, -0.2) is 0 Å². The van der Waals surface area contributed by atoms with Crippen LogP contribution in [0.5, 0.6) is 0 Å². The van der Waals surface area contributed by atoms with Crippen molar-refractivity contribution in [3.63, 3.8) is 0 Å². The number of nitrogens with one attached hydrogen (secondary N) is 1. The number of ether oxygens (including phenoxy) is 1. The van der Waals surface area contributed by atoms with E-state index in [9.17, 15) is 0 Å². The van der Waals surface area contributed by atoms with Gasteiger partial charge in [-0.05, 0) is 31.8 Å². The molecule has 4 nitrogen and oxygen atoms in total. The molecule has 0 saturated carbocycles. The first-order valence-corrected chi connectivity index (χ1v) is 6.22. The minimum absolute atomic E-state index is 0.127. The van der Waals surface area contributed by atoms with Crippen molar-refractivity contribution in [2.45, 2.75) is 12.1 Å². The molecular weight excluding hydrogens is 226 g/mol. The summed E-state index contributed by atoms with van der Waals surface area (Å²) in [6, 6.07) is 10.2. The van der Waals surface area contributed by atoms with E-state index in [2.05, 4.69) is 29.4 Å². The molecule has 2 unspecified atom stereocenters. The zero-order chi connectivity index (χ0) is 13.0. The molecule has 2 atom stereocenters. The standard InChI is InChI=1S/C14H19N3O/c1-16-10-13-14(17(2)6-7-18-13)12-5-3-4-11(8-12)9-15/h3-5,8,13-14,16H,6-7,10H2,1-2H3. The van der Waals surface area contributed by atoms with Crippen LogP contribution in [-0.4, -0.2) is 44.8 Å². The predicted molar refractivity (Wildman–Crippen MR) is 70.2 cm³/mol. The molecule has 1 aliphatic rings. The zero-order valence-corrected chi connectivity index (χ0v) is 10.9. The third kappa shape index (κ3) is 2.70. The molecule has 1 N–H and O–H groups in total. The lowest BCUT2D eigenvalue weighted by atomic mass is 9.97. The average molecular weight is 245 g/mol. The fourth-order valence-corrected chi connectivity index (χ4v) is 2.50. The summed E-state index contributed by atoms with van der Waals surface area (Å²) in [5.41, 5.74) is 1.85. The second-order valence-corrected chi connectivity index (χ2v) is 4.63. The van der Waals surface area contributed by atoms with E-state index in [0.717, 1.165) is 25.3 Å². The summed E-state index contributed by atoms with van der Waals surface area (Å²) in [6.07, 6.45) is 0.127. The number of rotatable bonds is 3. The summed E-state index contributed by atoms with van der Waals surface area (Å²) in [7, 11) is 4.04. The van der Waals surface area contributed by atoms with Gasteiger partial charge in [0.2, 0.25) is 0 Å². The Bertz CT molecular complexity index is 439. The lowest BCUT2D eigenvalue weighted by Crippen LogP contribution is -2.46. The Balaban J connectivity index is 2.28. The Hall–Kier alpha value is -1.41. The third-order valence-electron chi connectivity index (χ3n) is 3.37. The molecule has 0 bridgehead atoms. The molecule has 1 aromatic rings. The predicted octanol–water partition coefficient (Wildman–Crippen LogP) is 1.15. The van der Waals surface area contributed by atoms with Crippen molar-refractivity contribution >= 4 is 0 Å². The number of nitrogens with zero attached hydrogens (tertiary/aromatic N) is 2. The normalized spacial score (nSPS) is 24.7. The molecule has 0 aromatic heterocycles. The van der Waals surface area contributed by atoms with Gasteiger partial charge in [-0.3, -0.25) is 4.90 Å². The number of morpholine rings is 1. The number of hydrogen-bond donors (Lipinski definition) is 1. The number of likely N-dealkylation sites (N-methyl/N-ethyl adjacent to an activating group) is 2. The van der Waals surface area contributed by atoms with E-state index in [1.165, 1.54) is 0 Å². The van der Waals surface area contributed by atoms with Crippen LogP contribution in [0.15, 0.2) is 24.3 Å². The van der Waals surface area contributed by atoms with Crippen molar-refractivity contribution in [1.29, 1.82) is 5.26 Å². The van der Waals surface area contributed by atoms with E-state index in [0.29, 0.717) is 5.56 Å². The van der Waals surface area contributed by atoms with Gasteiger partial charge in [-0.2, -0.15) is 5.26 Å². The molecule has 1 aromatic carbocycles. The first-order valence-electron chi connectivity index (χ1n) is 6.22. The zero-order valence-electron chi connectivity index (χ0n) is 10.9. The molecule has 96 valence electrons. The van der Waals surface area contributed by atoms with Crippen LogP contribution >= 0.6 is 0 Å². The van der Waals surface area contributed by atoms with Crippen molar-refractivity contribution in [3.8, 4) is 6.07 Å². The maximum Gasteiger partial charge on any atom is 0.0991 e. The highest BCUT2D eigenvalue weighted by molar-refractivity contribution is 5.34. The topological polar surface area (TPSA) is 48.3 Å². The van der Waals surface area contributed by atoms with E-state index >= 15 is 0 Å². The van der Waals surface area contributed by atoms with E-state index in [4.69, 9.17) is 10.00 Å². The summed E-state index contributed by atoms with van der Waals surface area (Å²) >= 11 is 0. The van der Waals surface area contributed by atoms with Crippen LogP contribution in [-0.2, 0) is 4.74 Å². The van der Waals surface area contributed by atoms with Crippen LogP contribution in [0.2, 0.25) is 0 Å². The molecule has 0 spiro atoms. The van der Waals surface area contributed by atoms with E-state index in [1.54, 1.807) is 0 Å². The molecule has 1 heterocycles. The van der Waals surface area contributed by atoms with E-state index in [-0.39, 0.29) is 12.1 Å². The van der Waals surface area contributed by atoms with E-state index in [1.807, 2.05) is 25.2 Å². The second kappa shape index (κ2) is 5.96. The van der Waals surface area contributed by atoms with E-state index < -0.39 is 0 Å². The van der Waals surface area contributed by atoms with Gasteiger partial charge in [0, 0.05) is 13.1 Å². The smallest absolute Gasteiger partial charge is 0.0991 e. The molecule has 0 radical (unpaired) electrons. The third-order valence-corrected chi connectivity index (χ3v) is 3.37. The van der Waals surface area contributed by atoms with Crippen molar-refractivity contribution in [2.24, 2.45) is 0 Å². The minimum atomic E-state index is 0.127. The van der Waals surface area contributed by atoms with Gasteiger partial charge >= 0.3 is 0 Å². The minimum Gasteiger partial charge on any atom is -0.374 e. The summed E-state index contributed by atoms with van der Waals surface area (Å²) in [5, 5.41) is 12.2. The Labute approximate surface area is 108 Å². The molecule has 0 aliphatic carbocycles. The average Bonchev–Trinajstić information content (AvgIpc) is 2.39. The van der Waals surface area contributed by atoms with Gasteiger partial charge in [0.1, 0.15) is 0 Å². The maximum absolute atomic E-state index is 8.99. The highest BCUT2D eigenvalue weighted by atomic mass is 16.5. The van der Waals surface area contributed by atoms with Crippen molar-refractivity contribution in [3.05, 3.63) is 35.4 Å². The maximum atomic E-state index is 8.99. The van der Waals surface area contributed by atoms with Crippen LogP contribution < -0.4 is 5.32 Å². The van der Waals surface area contributed by atoms with Gasteiger partial charge in [-0.15, -0.1) is 0 Å². The Kier molecular flexibility index (Phi) is 4.32. The quantitative estimate of drug-likeness (QED) is 0.868. The molecule has 1 fully saturated rings. The van der Waals surface area contributed by atoms with Crippen molar-refractivity contribution in [2.75, 3.05) is 33.8 Å². The fraction of sp³-hybridized carbons (Fsp3) is 0.500. The summed E-state index contributed by atoms with van der Waals surface area (Å²) in [6.45, 7) is 2.49.